The third-order valence-corrected chi connectivity index (χ3v) is 4.89. The molecule has 128 valence electrons. The highest BCUT2D eigenvalue weighted by Gasteiger charge is 2.33. The van der Waals surface area contributed by atoms with E-state index in [4.69, 9.17) is 0 Å². The second-order valence-electron chi connectivity index (χ2n) is 6.06. The van der Waals surface area contributed by atoms with Gasteiger partial charge in [-0.2, -0.15) is 0 Å². The molecule has 25 heavy (non-hydrogen) atoms. The van der Waals surface area contributed by atoms with Crippen LogP contribution in [0.3, 0.4) is 0 Å². The van der Waals surface area contributed by atoms with Crippen molar-refractivity contribution >= 4 is 27.7 Å². The Labute approximate surface area is 155 Å². The third kappa shape index (κ3) is 3.66. The van der Waals surface area contributed by atoms with Gasteiger partial charge in [0.2, 0.25) is 0 Å². The number of benzene rings is 2. The van der Waals surface area contributed by atoms with Crippen LogP contribution in [-0.2, 0) is 11.3 Å². The molecule has 0 aromatic heterocycles. The van der Waals surface area contributed by atoms with Gasteiger partial charge < -0.3 is 5.32 Å². The number of urea groups is 1. The molecule has 2 amide bonds. The first-order chi connectivity index (χ1) is 12.0. The highest BCUT2D eigenvalue weighted by atomic mass is 79.9. The second kappa shape index (κ2) is 7.23. The third-order valence-electron chi connectivity index (χ3n) is 4.36. The van der Waals surface area contributed by atoms with Crippen molar-refractivity contribution in [2.24, 2.45) is 0 Å². The largest absolute Gasteiger partial charge is 0.327 e. The molecule has 1 atom stereocenters. The predicted molar refractivity (Wildman–Crippen MR) is 101 cm³/mol. The summed E-state index contributed by atoms with van der Waals surface area (Å²) in [6.45, 7) is 3.81. The van der Waals surface area contributed by atoms with Gasteiger partial charge in [0.15, 0.2) is 5.78 Å². The van der Waals surface area contributed by atoms with Crippen LogP contribution in [-0.4, -0.2) is 16.7 Å². The lowest BCUT2D eigenvalue weighted by molar-refractivity contribution is -0.114. The van der Waals surface area contributed by atoms with Gasteiger partial charge >= 0.3 is 6.03 Å². The maximum Gasteiger partial charge on any atom is 0.322 e. The zero-order valence-corrected chi connectivity index (χ0v) is 15.7. The standard InChI is InChI=1S/C20H19BrN2O2/c1-13-18(14(2)24)19(16-8-10-17(21)11-9-16)22-20(25)23(13)12-15-6-4-3-5-7-15/h3-11,19H,12H2,1-2H3,(H,22,25)/t19-/m1/s1. The fourth-order valence-electron chi connectivity index (χ4n) is 3.10. The van der Waals surface area contributed by atoms with Crippen LogP contribution >= 0.6 is 15.9 Å². The van der Waals surface area contributed by atoms with Crippen molar-refractivity contribution < 1.29 is 9.59 Å². The number of nitrogens with one attached hydrogen (secondary N) is 1. The molecular formula is C20H19BrN2O2. The Bertz CT molecular complexity index is 829. The summed E-state index contributed by atoms with van der Waals surface area (Å²) in [6, 6.07) is 16.8. The number of allylic oxidation sites excluding steroid dienone is 1. The first-order valence-electron chi connectivity index (χ1n) is 8.06. The van der Waals surface area contributed by atoms with E-state index in [-0.39, 0.29) is 11.8 Å². The summed E-state index contributed by atoms with van der Waals surface area (Å²) >= 11 is 3.41. The summed E-state index contributed by atoms with van der Waals surface area (Å²) < 4.78 is 0.953. The zero-order chi connectivity index (χ0) is 18.0. The lowest BCUT2D eigenvalue weighted by Crippen LogP contribution is -2.47. The Balaban J connectivity index is 2.00. The van der Waals surface area contributed by atoms with E-state index < -0.39 is 6.04 Å². The van der Waals surface area contributed by atoms with Gasteiger partial charge in [-0.15, -0.1) is 0 Å². The molecule has 0 bridgehead atoms. The number of rotatable bonds is 4. The Morgan fingerprint density at radius 2 is 1.76 bits per heavy atom. The van der Waals surface area contributed by atoms with Gasteiger partial charge in [-0.1, -0.05) is 58.4 Å². The number of hydrogen-bond acceptors (Lipinski definition) is 2. The highest BCUT2D eigenvalue weighted by molar-refractivity contribution is 9.10. The minimum Gasteiger partial charge on any atom is -0.327 e. The Morgan fingerprint density at radius 1 is 1.12 bits per heavy atom. The van der Waals surface area contributed by atoms with Crippen molar-refractivity contribution in [3.8, 4) is 0 Å². The Hall–Kier alpha value is -2.40. The number of nitrogens with zero attached hydrogens (tertiary/aromatic N) is 1. The second-order valence-corrected chi connectivity index (χ2v) is 6.98. The van der Waals surface area contributed by atoms with Gasteiger partial charge in [0.25, 0.3) is 0 Å². The Kier molecular flexibility index (Phi) is 5.04. The van der Waals surface area contributed by atoms with E-state index in [9.17, 15) is 9.59 Å². The SMILES string of the molecule is CC(=O)C1=C(C)N(Cc2ccccc2)C(=O)N[C@@H]1c1ccc(Br)cc1. The van der Waals surface area contributed by atoms with Crippen molar-refractivity contribution in [2.45, 2.75) is 26.4 Å². The molecule has 1 aliphatic rings. The fraction of sp³-hybridized carbons (Fsp3) is 0.200. The number of carbonyl (C=O) groups is 2. The van der Waals surface area contributed by atoms with Crippen molar-refractivity contribution in [3.63, 3.8) is 0 Å². The van der Waals surface area contributed by atoms with E-state index in [1.165, 1.54) is 0 Å². The molecule has 0 spiro atoms. The smallest absolute Gasteiger partial charge is 0.322 e. The van der Waals surface area contributed by atoms with Crippen molar-refractivity contribution in [1.82, 2.24) is 10.2 Å². The topological polar surface area (TPSA) is 49.4 Å². The van der Waals surface area contributed by atoms with E-state index in [1.807, 2.05) is 61.5 Å². The van der Waals surface area contributed by atoms with Crippen LogP contribution in [0.2, 0.25) is 0 Å². The van der Waals surface area contributed by atoms with Crippen LogP contribution in [0.4, 0.5) is 4.79 Å². The highest BCUT2D eigenvalue weighted by Crippen LogP contribution is 2.32. The van der Waals surface area contributed by atoms with Crippen LogP contribution in [0.1, 0.15) is 31.0 Å². The van der Waals surface area contributed by atoms with Gasteiger partial charge in [-0.05, 0) is 37.1 Å². The van der Waals surface area contributed by atoms with E-state index in [1.54, 1.807) is 11.8 Å². The molecule has 1 N–H and O–H groups in total. The number of ketones is 1. The van der Waals surface area contributed by atoms with E-state index in [2.05, 4.69) is 21.2 Å². The first-order valence-corrected chi connectivity index (χ1v) is 8.86. The van der Waals surface area contributed by atoms with Crippen molar-refractivity contribution in [2.75, 3.05) is 0 Å². The summed E-state index contributed by atoms with van der Waals surface area (Å²) in [6.07, 6.45) is 0. The van der Waals surface area contributed by atoms with Gasteiger partial charge in [-0.3, -0.25) is 9.69 Å². The average molecular weight is 399 g/mol. The molecule has 0 saturated carbocycles. The molecule has 2 aromatic rings. The molecule has 0 unspecified atom stereocenters. The van der Waals surface area contributed by atoms with Gasteiger partial charge in [-0.25, -0.2) is 4.79 Å². The van der Waals surface area contributed by atoms with Gasteiger partial charge in [0, 0.05) is 15.7 Å². The number of carbonyl (C=O) groups excluding carboxylic acids is 2. The summed E-state index contributed by atoms with van der Waals surface area (Å²) in [5.41, 5.74) is 3.23. The minimum atomic E-state index is -0.426. The molecular weight excluding hydrogens is 380 g/mol. The molecule has 1 heterocycles. The lowest BCUT2D eigenvalue weighted by atomic mass is 9.92. The van der Waals surface area contributed by atoms with Crippen molar-refractivity contribution in [3.05, 3.63) is 81.5 Å². The molecule has 0 aliphatic carbocycles. The first kappa shape index (κ1) is 17.4. The summed E-state index contributed by atoms with van der Waals surface area (Å²) in [5.74, 6) is -0.0384. The fourth-order valence-corrected chi connectivity index (χ4v) is 3.36. The van der Waals surface area contributed by atoms with E-state index >= 15 is 0 Å². The molecule has 0 fully saturated rings. The number of hydrogen-bond donors (Lipinski definition) is 1. The molecule has 3 rings (SSSR count). The van der Waals surface area contributed by atoms with Crippen LogP contribution < -0.4 is 5.32 Å². The van der Waals surface area contributed by atoms with Crippen molar-refractivity contribution in [1.29, 1.82) is 0 Å². The summed E-state index contributed by atoms with van der Waals surface area (Å²) in [7, 11) is 0. The zero-order valence-electron chi connectivity index (χ0n) is 14.1. The number of halogens is 1. The molecule has 1 aliphatic heterocycles. The predicted octanol–water partition coefficient (Wildman–Crippen LogP) is 4.58. The molecule has 5 heteroatoms. The van der Waals surface area contributed by atoms with Crippen LogP contribution in [0.15, 0.2) is 70.3 Å². The van der Waals surface area contributed by atoms with Crippen LogP contribution in [0.25, 0.3) is 0 Å². The minimum absolute atomic E-state index is 0.0384. The molecule has 2 aromatic carbocycles. The maximum absolute atomic E-state index is 12.7. The number of amides is 2. The Morgan fingerprint density at radius 3 is 2.36 bits per heavy atom. The van der Waals surface area contributed by atoms with Gasteiger partial charge in [0.05, 0.1) is 12.6 Å². The number of Topliss-reactive ketones (excluding diaryl/α,β-unsaturated/α-hetero) is 1. The van der Waals surface area contributed by atoms with Crippen LogP contribution in [0.5, 0.6) is 0 Å². The van der Waals surface area contributed by atoms with E-state index in [0.29, 0.717) is 17.8 Å². The lowest BCUT2D eigenvalue weighted by Gasteiger charge is -2.35. The van der Waals surface area contributed by atoms with E-state index in [0.717, 1.165) is 15.6 Å². The molecule has 0 saturated heterocycles. The normalized spacial score (nSPS) is 17.5. The quantitative estimate of drug-likeness (QED) is 0.819. The molecule has 4 nitrogen and oxygen atoms in total. The van der Waals surface area contributed by atoms with Gasteiger partial charge in [0.1, 0.15) is 0 Å². The maximum atomic E-state index is 12.7. The summed E-state index contributed by atoms with van der Waals surface area (Å²) in [5, 5.41) is 2.98. The monoisotopic (exact) mass is 398 g/mol. The molecule has 0 radical (unpaired) electrons. The van der Waals surface area contributed by atoms with Crippen LogP contribution in [0, 0.1) is 0 Å². The average Bonchev–Trinajstić information content (AvgIpc) is 2.59. The summed E-state index contributed by atoms with van der Waals surface area (Å²) in [4.78, 5) is 26.6.